The lowest BCUT2D eigenvalue weighted by atomic mass is 9.72. The third-order valence-corrected chi connectivity index (χ3v) is 11.2. The van der Waals surface area contributed by atoms with E-state index in [-0.39, 0.29) is 12.1 Å². The Balaban J connectivity index is 1.29. The van der Waals surface area contributed by atoms with Crippen molar-refractivity contribution in [2.45, 2.75) is 121 Å². The number of carbonyl (C=O) groups is 2. The summed E-state index contributed by atoms with van der Waals surface area (Å²) in [4.78, 5) is 32.7. The largest absolute Gasteiger partial charge is 0.480 e. The topological polar surface area (TPSA) is 64.1 Å². The minimum absolute atomic E-state index is 0.108. The van der Waals surface area contributed by atoms with Crippen LogP contribution in [0.2, 0.25) is 0 Å². The predicted molar refractivity (Wildman–Crippen MR) is 150 cm³/mol. The van der Waals surface area contributed by atoms with Crippen LogP contribution in [0.3, 0.4) is 0 Å². The highest BCUT2D eigenvalue weighted by molar-refractivity contribution is 5.95. The molecular weight excluding hydrogens is 474 g/mol. The van der Waals surface area contributed by atoms with Crippen molar-refractivity contribution in [2.75, 3.05) is 11.4 Å². The molecule has 0 aromatic heterocycles. The van der Waals surface area contributed by atoms with E-state index in [1.807, 2.05) is 35.2 Å². The summed E-state index contributed by atoms with van der Waals surface area (Å²) in [5, 5.41) is 9.83. The Morgan fingerprint density at radius 1 is 0.842 bits per heavy atom. The van der Waals surface area contributed by atoms with Gasteiger partial charge in [-0.25, -0.2) is 9.59 Å². The summed E-state index contributed by atoms with van der Waals surface area (Å²) in [5.41, 5.74) is 0.913. The third-order valence-electron chi connectivity index (χ3n) is 11.2. The van der Waals surface area contributed by atoms with Crippen LogP contribution in [-0.2, 0) is 4.79 Å². The average molecular weight is 522 g/mol. The molecule has 1 N–H and O–H groups in total. The van der Waals surface area contributed by atoms with Gasteiger partial charge in [-0.2, -0.15) is 0 Å². The van der Waals surface area contributed by atoms with Gasteiger partial charge in [-0.15, -0.1) is 0 Å². The highest BCUT2D eigenvalue weighted by Gasteiger charge is 2.49. The number of para-hydroxylation sites is 1. The molecule has 3 saturated heterocycles. The molecule has 6 nitrogen and oxygen atoms in total. The fourth-order valence-electron chi connectivity index (χ4n) is 9.15. The van der Waals surface area contributed by atoms with Crippen LogP contribution in [0.4, 0.5) is 10.5 Å². The Labute approximate surface area is 228 Å². The third kappa shape index (κ3) is 4.87. The molecule has 208 valence electrons. The van der Waals surface area contributed by atoms with E-state index in [4.69, 9.17) is 0 Å². The van der Waals surface area contributed by atoms with Gasteiger partial charge in [0.15, 0.2) is 0 Å². The minimum Gasteiger partial charge on any atom is -0.480 e. The number of carboxylic acids is 1. The van der Waals surface area contributed by atoms with E-state index in [9.17, 15) is 14.7 Å². The maximum atomic E-state index is 14.1. The Bertz CT molecular complexity index is 999. The van der Waals surface area contributed by atoms with Gasteiger partial charge in [0.1, 0.15) is 6.04 Å². The normalized spacial score (nSPS) is 39.4. The fourth-order valence-corrected chi connectivity index (χ4v) is 9.15. The van der Waals surface area contributed by atoms with Crippen LogP contribution in [0, 0.1) is 23.7 Å². The van der Waals surface area contributed by atoms with Crippen LogP contribution in [0.25, 0.3) is 0 Å². The minimum atomic E-state index is -0.877. The number of urea groups is 1. The van der Waals surface area contributed by atoms with Gasteiger partial charge in [-0.1, -0.05) is 51.3 Å². The quantitative estimate of drug-likeness (QED) is 0.498. The molecule has 0 radical (unpaired) electrons. The van der Waals surface area contributed by atoms with Crippen LogP contribution in [0.1, 0.15) is 90.9 Å². The number of carbonyl (C=O) groups excluding carboxylic acids is 1. The van der Waals surface area contributed by atoms with Crippen molar-refractivity contribution in [1.29, 1.82) is 0 Å². The number of likely N-dealkylation sites (tertiary alicyclic amines) is 1. The zero-order valence-corrected chi connectivity index (χ0v) is 23.4. The van der Waals surface area contributed by atoms with Crippen molar-refractivity contribution < 1.29 is 14.7 Å². The van der Waals surface area contributed by atoms with Crippen LogP contribution in [0.15, 0.2) is 30.3 Å². The predicted octanol–water partition coefficient (Wildman–Crippen LogP) is 6.40. The molecule has 2 amide bonds. The Kier molecular flexibility index (Phi) is 7.45. The second-order valence-electron chi connectivity index (χ2n) is 13.4. The van der Waals surface area contributed by atoms with Crippen LogP contribution in [0.5, 0.6) is 0 Å². The van der Waals surface area contributed by atoms with E-state index in [1.54, 1.807) is 4.90 Å². The summed E-state index contributed by atoms with van der Waals surface area (Å²) < 4.78 is 0. The van der Waals surface area contributed by atoms with E-state index < -0.39 is 12.0 Å². The lowest BCUT2D eigenvalue weighted by molar-refractivity contribution is -0.141. The van der Waals surface area contributed by atoms with Gasteiger partial charge in [0, 0.05) is 36.4 Å². The molecule has 5 fully saturated rings. The smallest absolute Gasteiger partial charge is 0.326 e. The maximum Gasteiger partial charge on any atom is 0.326 e. The van der Waals surface area contributed by atoms with E-state index >= 15 is 0 Å². The Morgan fingerprint density at radius 3 is 2.39 bits per heavy atom. The molecule has 2 aliphatic carbocycles. The highest BCUT2D eigenvalue weighted by Crippen LogP contribution is 2.48. The number of amides is 2. The molecule has 9 atom stereocenters. The number of piperidine rings is 2. The van der Waals surface area contributed by atoms with Crippen LogP contribution >= 0.6 is 0 Å². The molecule has 6 heteroatoms. The van der Waals surface area contributed by atoms with Crippen LogP contribution in [-0.4, -0.2) is 63.7 Å². The van der Waals surface area contributed by atoms with Crippen molar-refractivity contribution in [3.8, 4) is 0 Å². The molecule has 1 aromatic rings. The second-order valence-corrected chi connectivity index (χ2v) is 13.4. The summed E-state index contributed by atoms with van der Waals surface area (Å²) in [6.07, 6.45) is 14.2. The Morgan fingerprint density at radius 2 is 1.61 bits per heavy atom. The molecule has 38 heavy (non-hydrogen) atoms. The number of nitrogens with zero attached hydrogens (tertiary/aromatic N) is 3. The summed E-state index contributed by atoms with van der Waals surface area (Å²) in [6, 6.07) is 11.0. The standard InChI is InChI=1S/C32H47N3O3/c1-21-10-12-23-13-14-24(21)18-27(17-23)34-26-15-11-22(2)30(34)20-28(19-26)35(25-7-4-3-5-8-25)32(38)33-16-6-9-29(33)31(36)37/h3-5,7-8,21-24,26-30H,6,9-20H2,1-2H3,(H,36,37). The van der Waals surface area contributed by atoms with Crippen LogP contribution < -0.4 is 4.90 Å². The molecule has 4 bridgehead atoms. The summed E-state index contributed by atoms with van der Waals surface area (Å²) >= 11 is 0. The first kappa shape index (κ1) is 26.2. The number of rotatable bonds is 4. The zero-order chi connectivity index (χ0) is 26.4. The first-order chi connectivity index (χ1) is 18.4. The van der Waals surface area contributed by atoms with Gasteiger partial charge in [0.2, 0.25) is 0 Å². The lowest BCUT2D eigenvalue weighted by Crippen LogP contribution is -2.64. The molecule has 3 aliphatic heterocycles. The molecule has 0 spiro atoms. The lowest BCUT2D eigenvalue weighted by Gasteiger charge is -2.57. The number of hydrogen-bond donors (Lipinski definition) is 1. The van der Waals surface area contributed by atoms with E-state index in [2.05, 4.69) is 18.7 Å². The van der Waals surface area contributed by atoms with Gasteiger partial charge in [-0.3, -0.25) is 9.80 Å². The monoisotopic (exact) mass is 521 g/mol. The molecule has 3 heterocycles. The molecule has 6 rings (SSSR count). The number of hydrogen-bond acceptors (Lipinski definition) is 3. The van der Waals surface area contributed by atoms with Gasteiger partial charge in [0.25, 0.3) is 0 Å². The first-order valence-electron chi connectivity index (χ1n) is 15.6. The molecule has 1 aromatic carbocycles. The number of anilines is 1. The SMILES string of the molecule is CC1CCC2CCC1CC(N1C3CCC(C)C1CC(N(C(=O)N1CCCC1C(=O)O)c1ccccc1)C3)C2. The summed E-state index contributed by atoms with van der Waals surface area (Å²) in [7, 11) is 0. The number of fused-ring (bicyclic) bond motifs is 5. The zero-order valence-electron chi connectivity index (χ0n) is 23.4. The van der Waals surface area contributed by atoms with E-state index in [0.717, 1.165) is 42.7 Å². The van der Waals surface area contributed by atoms with Crippen molar-refractivity contribution in [1.82, 2.24) is 9.80 Å². The molecule has 9 unspecified atom stereocenters. The fraction of sp³-hybridized carbons (Fsp3) is 0.750. The van der Waals surface area contributed by atoms with Gasteiger partial charge in [0.05, 0.1) is 0 Å². The second kappa shape index (κ2) is 10.8. The van der Waals surface area contributed by atoms with Crippen molar-refractivity contribution in [3.05, 3.63) is 30.3 Å². The van der Waals surface area contributed by atoms with Gasteiger partial charge >= 0.3 is 12.0 Å². The Hall–Kier alpha value is -2.08. The first-order valence-corrected chi connectivity index (χ1v) is 15.6. The molecule has 5 aliphatic rings. The summed E-state index contributed by atoms with van der Waals surface area (Å²) in [5.74, 6) is 2.35. The number of carboxylic acid groups (broad SMARTS) is 1. The molecule has 2 saturated carbocycles. The van der Waals surface area contributed by atoms with E-state index in [0.29, 0.717) is 37.0 Å². The maximum absolute atomic E-state index is 14.1. The van der Waals surface area contributed by atoms with Crippen molar-refractivity contribution in [3.63, 3.8) is 0 Å². The van der Waals surface area contributed by atoms with E-state index in [1.165, 1.54) is 51.4 Å². The number of benzene rings is 1. The van der Waals surface area contributed by atoms with Gasteiger partial charge < -0.3 is 10.0 Å². The number of aliphatic carboxylic acids is 1. The van der Waals surface area contributed by atoms with Gasteiger partial charge in [-0.05, 0) is 93.6 Å². The van der Waals surface area contributed by atoms with Crippen molar-refractivity contribution in [2.24, 2.45) is 23.7 Å². The summed E-state index contributed by atoms with van der Waals surface area (Å²) in [6.45, 7) is 5.47. The molecular formula is C32H47N3O3. The highest BCUT2D eigenvalue weighted by atomic mass is 16.4. The average Bonchev–Trinajstić information content (AvgIpc) is 3.23. The van der Waals surface area contributed by atoms with Crippen molar-refractivity contribution >= 4 is 17.7 Å².